The van der Waals surface area contributed by atoms with Crippen molar-refractivity contribution in [2.24, 2.45) is 0 Å². The Kier molecular flexibility index (Phi) is 5.63. The number of para-hydroxylation sites is 1. The van der Waals surface area contributed by atoms with Crippen LogP contribution in [-0.4, -0.2) is 53.8 Å². The van der Waals surface area contributed by atoms with E-state index < -0.39 is 17.8 Å². The Labute approximate surface area is 176 Å². The summed E-state index contributed by atoms with van der Waals surface area (Å²) in [5.74, 6) is 0.0400. The quantitative estimate of drug-likeness (QED) is 0.707. The average Bonchev–Trinajstić information content (AvgIpc) is 3.07. The Bertz CT molecular complexity index is 892. The van der Waals surface area contributed by atoms with Crippen LogP contribution in [0.3, 0.4) is 0 Å². The van der Waals surface area contributed by atoms with Gasteiger partial charge in [-0.25, -0.2) is 4.79 Å². The molecule has 2 heterocycles. The number of anilines is 1. The lowest BCUT2D eigenvalue weighted by atomic mass is 9.84. The van der Waals surface area contributed by atoms with E-state index in [4.69, 9.17) is 0 Å². The summed E-state index contributed by atoms with van der Waals surface area (Å²) < 4.78 is 0. The summed E-state index contributed by atoms with van der Waals surface area (Å²) in [5, 5.41) is 15.9. The highest BCUT2D eigenvalue weighted by molar-refractivity contribution is 5.80. The van der Waals surface area contributed by atoms with Crippen LogP contribution in [0.25, 0.3) is 0 Å². The highest BCUT2D eigenvalue weighted by Crippen LogP contribution is 2.33. The van der Waals surface area contributed by atoms with Crippen molar-refractivity contribution in [1.29, 1.82) is 0 Å². The van der Waals surface area contributed by atoms with Crippen molar-refractivity contribution >= 4 is 17.6 Å². The van der Waals surface area contributed by atoms with Crippen LogP contribution in [-0.2, 0) is 10.3 Å². The molecule has 7 nitrogen and oxygen atoms in total. The molecule has 3 N–H and O–H groups in total. The molecule has 30 heavy (non-hydrogen) atoms. The number of nitrogens with one attached hydrogen (secondary N) is 2. The maximum atomic E-state index is 13.0. The minimum atomic E-state index is -1.09. The Hall–Kier alpha value is -3.06. The van der Waals surface area contributed by atoms with Gasteiger partial charge in [-0.2, -0.15) is 0 Å². The lowest BCUT2D eigenvalue weighted by molar-refractivity contribution is -0.132. The molecule has 0 bridgehead atoms. The molecule has 158 valence electrons. The van der Waals surface area contributed by atoms with Gasteiger partial charge in [0.25, 0.3) is 0 Å². The van der Waals surface area contributed by atoms with E-state index in [1.54, 1.807) is 0 Å². The number of rotatable bonds is 5. The van der Waals surface area contributed by atoms with E-state index in [2.05, 4.69) is 34.6 Å². The molecule has 2 aromatic rings. The van der Waals surface area contributed by atoms with Gasteiger partial charge in [-0.1, -0.05) is 48.5 Å². The molecule has 7 heteroatoms. The van der Waals surface area contributed by atoms with Crippen LogP contribution in [0.1, 0.15) is 25.3 Å². The Balaban J connectivity index is 1.42. The summed E-state index contributed by atoms with van der Waals surface area (Å²) in [6, 6.07) is 19.4. The molecule has 2 fully saturated rings. The SMILES string of the molecule is C[C@@H]1CN(C(=O)CCC2(c3ccccc3)NC(=O)NC2O)CCN1c1ccccc1. The number of amides is 3. The second-order valence-electron chi connectivity index (χ2n) is 8.06. The second-order valence-corrected chi connectivity index (χ2v) is 8.06. The van der Waals surface area contributed by atoms with E-state index in [0.717, 1.165) is 12.1 Å². The lowest BCUT2D eigenvalue weighted by Gasteiger charge is -2.41. The van der Waals surface area contributed by atoms with Crippen molar-refractivity contribution in [3.63, 3.8) is 0 Å². The van der Waals surface area contributed by atoms with Gasteiger partial charge < -0.3 is 25.5 Å². The first-order valence-electron chi connectivity index (χ1n) is 10.4. The maximum Gasteiger partial charge on any atom is 0.317 e. The van der Waals surface area contributed by atoms with E-state index in [9.17, 15) is 14.7 Å². The van der Waals surface area contributed by atoms with Crippen molar-refractivity contribution in [2.75, 3.05) is 24.5 Å². The first-order chi connectivity index (χ1) is 14.5. The second kappa shape index (κ2) is 8.36. The van der Waals surface area contributed by atoms with Crippen LogP contribution in [0.2, 0.25) is 0 Å². The summed E-state index contributed by atoms with van der Waals surface area (Å²) in [4.78, 5) is 29.1. The van der Waals surface area contributed by atoms with Gasteiger partial charge in [0, 0.05) is 37.8 Å². The van der Waals surface area contributed by atoms with E-state index in [-0.39, 0.29) is 18.4 Å². The molecule has 0 spiro atoms. The van der Waals surface area contributed by atoms with Gasteiger partial charge in [-0.3, -0.25) is 4.79 Å². The predicted molar refractivity (Wildman–Crippen MR) is 115 cm³/mol. The van der Waals surface area contributed by atoms with Gasteiger partial charge in [-0.15, -0.1) is 0 Å². The van der Waals surface area contributed by atoms with Crippen molar-refractivity contribution < 1.29 is 14.7 Å². The van der Waals surface area contributed by atoms with Gasteiger partial charge in [0.2, 0.25) is 5.91 Å². The molecule has 0 radical (unpaired) electrons. The molecule has 2 aliphatic rings. The fraction of sp³-hybridized carbons (Fsp3) is 0.391. The standard InChI is InChI=1S/C23H28N4O3/c1-17-16-26(14-15-27(17)19-10-6-3-7-11-19)20(28)12-13-23(18-8-4-2-5-9-18)21(29)24-22(30)25-23/h2-11,17,21,29H,12-16H2,1H3,(H2,24,25,30)/t17-,21?,23?/m1/s1. The smallest absolute Gasteiger partial charge is 0.317 e. The normalized spacial score (nSPS) is 26.3. The topological polar surface area (TPSA) is 84.9 Å². The number of urea groups is 1. The van der Waals surface area contributed by atoms with Crippen LogP contribution in [0.15, 0.2) is 60.7 Å². The van der Waals surface area contributed by atoms with E-state index >= 15 is 0 Å². The number of aliphatic hydroxyl groups excluding tert-OH is 1. The van der Waals surface area contributed by atoms with E-state index in [1.165, 1.54) is 5.69 Å². The summed E-state index contributed by atoms with van der Waals surface area (Å²) in [5.41, 5.74) is 0.944. The number of carbonyl (C=O) groups excluding carboxylic acids is 2. The molecule has 3 atom stereocenters. The predicted octanol–water partition coefficient (Wildman–Crippen LogP) is 2.03. The number of hydrogen-bond acceptors (Lipinski definition) is 4. The minimum Gasteiger partial charge on any atom is -0.371 e. The molecule has 2 aromatic carbocycles. The highest BCUT2D eigenvalue weighted by Gasteiger charge is 2.47. The van der Waals surface area contributed by atoms with Crippen molar-refractivity contribution in [1.82, 2.24) is 15.5 Å². The molecule has 3 amide bonds. The van der Waals surface area contributed by atoms with Gasteiger partial charge >= 0.3 is 6.03 Å². The molecular weight excluding hydrogens is 380 g/mol. The van der Waals surface area contributed by atoms with Crippen molar-refractivity contribution in [3.05, 3.63) is 66.2 Å². The molecular formula is C23H28N4O3. The van der Waals surface area contributed by atoms with Crippen LogP contribution in [0, 0.1) is 0 Å². The molecule has 0 aromatic heterocycles. The average molecular weight is 409 g/mol. The molecule has 0 saturated carbocycles. The van der Waals surface area contributed by atoms with E-state index in [1.807, 2.05) is 53.4 Å². The van der Waals surface area contributed by atoms with Gasteiger partial charge in [0.05, 0.1) is 0 Å². The first-order valence-corrected chi connectivity index (χ1v) is 10.4. The zero-order chi connectivity index (χ0) is 21.1. The molecule has 2 aliphatic heterocycles. The number of aliphatic hydroxyl groups is 1. The lowest BCUT2D eigenvalue weighted by Crippen LogP contribution is -2.54. The fourth-order valence-electron chi connectivity index (χ4n) is 4.51. The zero-order valence-electron chi connectivity index (χ0n) is 17.1. The molecule has 4 rings (SSSR count). The minimum absolute atomic E-state index is 0.0400. The summed E-state index contributed by atoms with van der Waals surface area (Å²) in [7, 11) is 0. The van der Waals surface area contributed by atoms with Crippen LogP contribution in [0.4, 0.5) is 10.5 Å². The summed E-state index contributed by atoms with van der Waals surface area (Å²) >= 11 is 0. The Morgan fingerprint density at radius 2 is 1.77 bits per heavy atom. The fourth-order valence-corrected chi connectivity index (χ4v) is 4.51. The number of nitrogens with zero attached hydrogens (tertiary/aromatic N) is 2. The third-order valence-electron chi connectivity index (χ3n) is 6.16. The molecule has 2 saturated heterocycles. The summed E-state index contributed by atoms with van der Waals surface area (Å²) in [6.07, 6.45) is -0.524. The number of benzene rings is 2. The van der Waals surface area contributed by atoms with Crippen LogP contribution < -0.4 is 15.5 Å². The van der Waals surface area contributed by atoms with Gasteiger partial charge in [-0.05, 0) is 31.0 Å². The van der Waals surface area contributed by atoms with Crippen LogP contribution in [0.5, 0.6) is 0 Å². The largest absolute Gasteiger partial charge is 0.371 e. The number of carbonyl (C=O) groups is 2. The number of hydrogen-bond donors (Lipinski definition) is 3. The third-order valence-corrected chi connectivity index (χ3v) is 6.16. The molecule has 0 aliphatic carbocycles. The van der Waals surface area contributed by atoms with E-state index in [0.29, 0.717) is 19.5 Å². The van der Waals surface area contributed by atoms with Crippen LogP contribution >= 0.6 is 0 Å². The van der Waals surface area contributed by atoms with Crippen molar-refractivity contribution in [3.8, 4) is 0 Å². The monoisotopic (exact) mass is 408 g/mol. The third kappa shape index (κ3) is 3.85. The molecule has 2 unspecified atom stereocenters. The number of piperazine rings is 1. The Morgan fingerprint density at radius 3 is 2.37 bits per heavy atom. The zero-order valence-corrected chi connectivity index (χ0v) is 17.1. The summed E-state index contributed by atoms with van der Waals surface area (Å²) in [6.45, 7) is 4.22. The first kappa shape index (κ1) is 20.2. The van der Waals surface area contributed by atoms with Gasteiger partial charge in [0.1, 0.15) is 5.54 Å². The maximum absolute atomic E-state index is 13.0. The van der Waals surface area contributed by atoms with Gasteiger partial charge in [0.15, 0.2) is 6.23 Å². The highest BCUT2D eigenvalue weighted by atomic mass is 16.3. The van der Waals surface area contributed by atoms with Crippen molar-refractivity contribution in [2.45, 2.75) is 37.6 Å². The Morgan fingerprint density at radius 1 is 1.10 bits per heavy atom.